The molecule has 106 valence electrons. The molecule has 0 unspecified atom stereocenters. The molecular formula is C17H17N3O. The van der Waals surface area contributed by atoms with Gasteiger partial charge in [0.25, 0.3) is 0 Å². The van der Waals surface area contributed by atoms with E-state index in [1.807, 2.05) is 59.5 Å². The lowest BCUT2D eigenvalue weighted by Crippen LogP contribution is -2.08. The standard InChI is InChI=1S/C17H17N3O/c18-16-7-4-8-17(11-16)21-10-9-20-13-15(12-19-20)14-5-2-1-3-6-14/h1-8,11-13H,9-10,18H2. The predicted molar refractivity (Wildman–Crippen MR) is 84.0 cm³/mol. The van der Waals surface area contributed by atoms with Crippen LogP contribution in [0.3, 0.4) is 0 Å². The number of rotatable bonds is 5. The monoisotopic (exact) mass is 279 g/mol. The molecule has 0 amide bonds. The van der Waals surface area contributed by atoms with E-state index in [0.717, 1.165) is 11.3 Å². The van der Waals surface area contributed by atoms with E-state index < -0.39 is 0 Å². The number of hydrogen-bond acceptors (Lipinski definition) is 3. The van der Waals surface area contributed by atoms with Crippen LogP contribution in [0.4, 0.5) is 5.69 Å². The van der Waals surface area contributed by atoms with Gasteiger partial charge in [0, 0.05) is 23.5 Å². The van der Waals surface area contributed by atoms with E-state index in [1.54, 1.807) is 0 Å². The molecule has 0 saturated carbocycles. The van der Waals surface area contributed by atoms with Gasteiger partial charge in [-0.15, -0.1) is 0 Å². The fourth-order valence-electron chi connectivity index (χ4n) is 2.13. The van der Waals surface area contributed by atoms with Crippen molar-refractivity contribution < 1.29 is 4.74 Å². The summed E-state index contributed by atoms with van der Waals surface area (Å²) in [4.78, 5) is 0. The smallest absolute Gasteiger partial charge is 0.121 e. The van der Waals surface area contributed by atoms with E-state index in [-0.39, 0.29) is 0 Å². The fraction of sp³-hybridized carbons (Fsp3) is 0.118. The van der Waals surface area contributed by atoms with Crippen LogP contribution < -0.4 is 10.5 Å². The predicted octanol–water partition coefficient (Wildman–Crippen LogP) is 3.21. The lowest BCUT2D eigenvalue weighted by atomic mass is 10.1. The van der Waals surface area contributed by atoms with E-state index in [2.05, 4.69) is 17.2 Å². The summed E-state index contributed by atoms with van der Waals surface area (Å²) >= 11 is 0. The van der Waals surface area contributed by atoms with Gasteiger partial charge in [0.05, 0.1) is 12.7 Å². The zero-order valence-electron chi connectivity index (χ0n) is 11.6. The largest absolute Gasteiger partial charge is 0.492 e. The maximum atomic E-state index is 5.71. The van der Waals surface area contributed by atoms with Gasteiger partial charge in [-0.25, -0.2) is 0 Å². The molecule has 2 N–H and O–H groups in total. The first kappa shape index (κ1) is 13.2. The Morgan fingerprint density at radius 1 is 1.00 bits per heavy atom. The highest BCUT2D eigenvalue weighted by Gasteiger charge is 2.01. The van der Waals surface area contributed by atoms with Crippen LogP contribution in [0.1, 0.15) is 0 Å². The lowest BCUT2D eigenvalue weighted by Gasteiger charge is -2.06. The van der Waals surface area contributed by atoms with Crippen molar-refractivity contribution >= 4 is 5.69 Å². The summed E-state index contributed by atoms with van der Waals surface area (Å²) in [6, 6.07) is 17.6. The molecule has 0 radical (unpaired) electrons. The molecule has 0 aliphatic carbocycles. The average Bonchev–Trinajstić information content (AvgIpc) is 2.97. The molecule has 0 aliphatic heterocycles. The van der Waals surface area contributed by atoms with E-state index in [4.69, 9.17) is 10.5 Å². The van der Waals surface area contributed by atoms with Crippen molar-refractivity contribution in [1.29, 1.82) is 0 Å². The molecule has 3 aromatic rings. The molecule has 3 rings (SSSR count). The summed E-state index contributed by atoms with van der Waals surface area (Å²) in [7, 11) is 0. The van der Waals surface area contributed by atoms with E-state index >= 15 is 0 Å². The van der Waals surface area contributed by atoms with Crippen molar-refractivity contribution in [3.05, 3.63) is 67.0 Å². The minimum atomic E-state index is 0.555. The maximum absolute atomic E-state index is 5.71. The molecule has 1 heterocycles. The number of nitrogens with zero attached hydrogens (tertiary/aromatic N) is 2. The third-order valence-electron chi connectivity index (χ3n) is 3.19. The van der Waals surface area contributed by atoms with Crippen molar-refractivity contribution in [2.45, 2.75) is 6.54 Å². The van der Waals surface area contributed by atoms with Crippen LogP contribution in [0.2, 0.25) is 0 Å². The SMILES string of the molecule is Nc1cccc(OCCn2cc(-c3ccccc3)cn2)c1. The fourth-order valence-corrected chi connectivity index (χ4v) is 2.13. The number of anilines is 1. The van der Waals surface area contributed by atoms with Crippen LogP contribution in [-0.4, -0.2) is 16.4 Å². The van der Waals surface area contributed by atoms with Crippen LogP contribution in [0, 0.1) is 0 Å². The van der Waals surface area contributed by atoms with Crippen molar-refractivity contribution in [2.75, 3.05) is 12.3 Å². The first-order valence-electron chi connectivity index (χ1n) is 6.87. The molecule has 4 heteroatoms. The van der Waals surface area contributed by atoms with E-state index in [0.29, 0.717) is 18.8 Å². The molecule has 1 aromatic heterocycles. The van der Waals surface area contributed by atoms with Crippen molar-refractivity contribution in [3.8, 4) is 16.9 Å². The van der Waals surface area contributed by atoms with Gasteiger partial charge < -0.3 is 10.5 Å². The summed E-state index contributed by atoms with van der Waals surface area (Å²) in [5.74, 6) is 0.783. The Hall–Kier alpha value is -2.75. The van der Waals surface area contributed by atoms with Crippen LogP contribution in [0.5, 0.6) is 5.75 Å². The minimum absolute atomic E-state index is 0.555. The Morgan fingerprint density at radius 3 is 2.67 bits per heavy atom. The zero-order valence-corrected chi connectivity index (χ0v) is 11.6. The molecule has 0 aliphatic rings. The molecule has 0 spiro atoms. The normalized spacial score (nSPS) is 10.5. The highest BCUT2D eigenvalue weighted by molar-refractivity contribution is 5.61. The van der Waals surface area contributed by atoms with Crippen molar-refractivity contribution in [1.82, 2.24) is 9.78 Å². The van der Waals surface area contributed by atoms with Gasteiger partial charge in [0.1, 0.15) is 12.4 Å². The number of benzene rings is 2. The van der Waals surface area contributed by atoms with Gasteiger partial charge in [-0.2, -0.15) is 5.10 Å². The van der Waals surface area contributed by atoms with E-state index in [1.165, 1.54) is 5.56 Å². The number of ether oxygens (including phenoxy) is 1. The topological polar surface area (TPSA) is 53.1 Å². The van der Waals surface area contributed by atoms with Crippen LogP contribution in [0.15, 0.2) is 67.0 Å². The van der Waals surface area contributed by atoms with Gasteiger partial charge in [0.2, 0.25) is 0 Å². The quantitative estimate of drug-likeness (QED) is 0.730. The molecule has 2 aromatic carbocycles. The van der Waals surface area contributed by atoms with Crippen molar-refractivity contribution in [3.63, 3.8) is 0 Å². The van der Waals surface area contributed by atoms with Gasteiger partial charge in [-0.1, -0.05) is 36.4 Å². The number of nitrogens with two attached hydrogens (primary N) is 1. The van der Waals surface area contributed by atoms with Crippen LogP contribution in [-0.2, 0) is 6.54 Å². The van der Waals surface area contributed by atoms with E-state index in [9.17, 15) is 0 Å². The van der Waals surface area contributed by atoms with Crippen LogP contribution >= 0.6 is 0 Å². The van der Waals surface area contributed by atoms with Crippen molar-refractivity contribution in [2.24, 2.45) is 0 Å². The Morgan fingerprint density at radius 2 is 1.86 bits per heavy atom. The number of nitrogen functional groups attached to an aromatic ring is 1. The lowest BCUT2D eigenvalue weighted by molar-refractivity contribution is 0.291. The maximum Gasteiger partial charge on any atom is 0.121 e. The van der Waals surface area contributed by atoms with Gasteiger partial charge in [-0.3, -0.25) is 4.68 Å². The summed E-state index contributed by atoms with van der Waals surface area (Å²) in [5.41, 5.74) is 8.70. The molecule has 0 saturated heterocycles. The van der Waals surface area contributed by atoms with Gasteiger partial charge >= 0.3 is 0 Å². The third-order valence-corrected chi connectivity index (χ3v) is 3.19. The molecule has 21 heavy (non-hydrogen) atoms. The summed E-state index contributed by atoms with van der Waals surface area (Å²) < 4.78 is 7.55. The summed E-state index contributed by atoms with van der Waals surface area (Å²) in [5, 5.41) is 4.35. The minimum Gasteiger partial charge on any atom is -0.492 e. The van der Waals surface area contributed by atoms with Crippen LogP contribution in [0.25, 0.3) is 11.1 Å². The number of aromatic nitrogens is 2. The Labute approximate surface area is 123 Å². The summed E-state index contributed by atoms with van der Waals surface area (Å²) in [6.45, 7) is 1.25. The Bertz CT molecular complexity index is 707. The second-order valence-corrected chi connectivity index (χ2v) is 4.78. The highest BCUT2D eigenvalue weighted by Crippen LogP contribution is 2.18. The second kappa shape index (κ2) is 6.13. The molecule has 0 atom stereocenters. The molecule has 4 nitrogen and oxygen atoms in total. The Balaban J connectivity index is 1.58. The zero-order chi connectivity index (χ0) is 14.5. The van der Waals surface area contributed by atoms with Gasteiger partial charge in [-0.05, 0) is 17.7 Å². The first-order valence-corrected chi connectivity index (χ1v) is 6.87. The second-order valence-electron chi connectivity index (χ2n) is 4.78. The molecule has 0 bridgehead atoms. The molecule has 0 fully saturated rings. The average molecular weight is 279 g/mol. The summed E-state index contributed by atoms with van der Waals surface area (Å²) in [6.07, 6.45) is 3.90. The van der Waals surface area contributed by atoms with Gasteiger partial charge in [0.15, 0.2) is 0 Å². The molecular weight excluding hydrogens is 262 g/mol. The Kier molecular flexibility index (Phi) is 3.87. The highest BCUT2D eigenvalue weighted by atomic mass is 16.5. The number of hydrogen-bond donors (Lipinski definition) is 1. The first-order chi connectivity index (χ1) is 10.3. The third kappa shape index (κ3) is 3.42.